The van der Waals surface area contributed by atoms with Crippen LogP contribution < -0.4 is 0 Å². The van der Waals surface area contributed by atoms with Crippen LogP contribution in [0.2, 0.25) is 0 Å². The Balaban J connectivity index is 1.64. The second-order valence-corrected chi connectivity index (χ2v) is 13.0. The quantitative estimate of drug-likeness (QED) is 0.505. The van der Waals surface area contributed by atoms with Gasteiger partial charge in [-0.1, -0.05) is 69.2 Å². The van der Waals surface area contributed by atoms with E-state index in [2.05, 4.69) is 0 Å². The average Bonchev–Trinajstić information content (AvgIpc) is 2.68. The van der Waals surface area contributed by atoms with Crippen LogP contribution in [0.15, 0.2) is 24.3 Å². The predicted molar refractivity (Wildman–Crippen MR) is 120 cm³/mol. The van der Waals surface area contributed by atoms with Crippen LogP contribution in [0.1, 0.15) is 101 Å². The Bertz CT molecular complexity index is 780. The number of hydrogen-bond acceptors (Lipinski definition) is 3. The Morgan fingerprint density at radius 1 is 0.897 bits per heavy atom. The van der Waals surface area contributed by atoms with Crippen molar-refractivity contribution in [2.24, 2.45) is 17.8 Å². The molecule has 0 heterocycles. The lowest BCUT2D eigenvalue weighted by atomic mass is 9.66. The molecule has 0 N–H and O–H groups in total. The predicted octanol–water partition coefficient (Wildman–Crippen LogP) is 6.36. The molecule has 2 unspecified atom stereocenters. The van der Waals surface area contributed by atoms with Crippen molar-refractivity contribution in [2.75, 3.05) is 0 Å². The van der Waals surface area contributed by atoms with E-state index < -0.39 is 14.6 Å². The molecule has 2 saturated carbocycles. The largest absolute Gasteiger partial charge is 0.294 e. The topological polar surface area (TPSA) is 51.2 Å². The molecule has 0 aromatic heterocycles. The van der Waals surface area contributed by atoms with Gasteiger partial charge >= 0.3 is 0 Å². The van der Waals surface area contributed by atoms with Gasteiger partial charge in [0.1, 0.15) is 0 Å². The first kappa shape index (κ1) is 22.5. The van der Waals surface area contributed by atoms with E-state index in [0.717, 1.165) is 23.0 Å². The normalized spacial score (nSPS) is 24.4. The molecule has 0 bridgehead atoms. The minimum Gasteiger partial charge on any atom is -0.294 e. The maximum absolute atomic E-state index is 13.0. The minimum atomic E-state index is -3.21. The van der Waals surface area contributed by atoms with Gasteiger partial charge < -0.3 is 0 Å². The zero-order valence-electron chi connectivity index (χ0n) is 18.5. The number of benzene rings is 1. The Morgan fingerprint density at radius 2 is 1.48 bits per heavy atom. The van der Waals surface area contributed by atoms with Gasteiger partial charge in [0.2, 0.25) is 0 Å². The molecule has 1 aromatic rings. The van der Waals surface area contributed by atoms with Crippen molar-refractivity contribution in [3.63, 3.8) is 0 Å². The zero-order valence-corrected chi connectivity index (χ0v) is 19.3. The van der Waals surface area contributed by atoms with E-state index in [0.29, 0.717) is 12.3 Å². The summed E-state index contributed by atoms with van der Waals surface area (Å²) in [7, 11) is -3.21. The van der Waals surface area contributed by atoms with E-state index in [4.69, 9.17) is 0 Å². The van der Waals surface area contributed by atoms with Crippen molar-refractivity contribution >= 4 is 15.6 Å². The molecule has 162 valence electrons. The number of carbonyl (C=O) groups is 1. The summed E-state index contributed by atoms with van der Waals surface area (Å²) in [5.74, 6) is 2.33. The van der Waals surface area contributed by atoms with E-state index in [1.165, 1.54) is 57.8 Å². The number of Topliss-reactive ketones (excluding diaryl/α,β-unsaturated/α-hetero) is 1. The second-order valence-electron chi connectivity index (χ2n) is 10.3. The summed E-state index contributed by atoms with van der Waals surface area (Å²) < 4.78 is 24.1. The highest BCUT2D eigenvalue weighted by molar-refractivity contribution is 7.91. The molecule has 0 saturated heterocycles. The molecule has 2 atom stereocenters. The lowest BCUT2D eigenvalue weighted by Gasteiger charge is -2.39. The first-order valence-corrected chi connectivity index (χ1v) is 13.2. The van der Waals surface area contributed by atoms with Gasteiger partial charge in [0.25, 0.3) is 0 Å². The van der Waals surface area contributed by atoms with Crippen LogP contribution in [0.3, 0.4) is 0 Å². The molecular formula is C25H38O3S. The SMILES string of the molecule is CC(C)(C)S(=O)(=O)Cc1ccc(C(=O)CC2CCCCC2C2CCCCC2)cc1. The maximum Gasteiger partial charge on any atom is 0.163 e. The van der Waals surface area contributed by atoms with Crippen molar-refractivity contribution in [3.05, 3.63) is 35.4 Å². The molecule has 2 aliphatic carbocycles. The van der Waals surface area contributed by atoms with Crippen LogP contribution in [-0.2, 0) is 15.6 Å². The Hall–Kier alpha value is -1.16. The highest BCUT2D eigenvalue weighted by atomic mass is 32.2. The van der Waals surface area contributed by atoms with Crippen molar-refractivity contribution in [1.82, 2.24) is 0 Å². The zero-order chi connectivity index (χ0) is 21.1. The summed E-state index contributed by atoms with van der Waals surface area (Å²) in [6.07, 6.45) is 12.5. The molecule has 29 heavy (non-hydrogen) atoms. The second kappa shape index (κ2) is 9.32. The van der Waals surface area contributed by atoms with E-state index in [9.17, 15) is 13.2 Å². The van der Waals surface area contributed by atoms with Crippen LogP contribution in [0.25, 0.3) is 0 Å². The van der Waals surface area contributed by atoms with Crippen molar-refractivity contribution in [3.8, 4) is 0 Å². The number of sulfone groups is 1. The number of ketones is 1. The molecule has 3 nitrogen and oxygen atoms in total. The molecule has 4 heteroatoms. The van der Waals surface area contributed by atoms with Crippen LogP contribution in [0.4, 0.5) is 0 Å². The highest BCUT2D eigenvalue weighted by Crippen LogP contribution is 2.43. The Labute approximate surface area is 177 Å². The first-order chi connectivity index (χ1) is 13.7. The standard InChI is InChI=1S/C25H38O3S/c1-25(2,3)29(27,28)18-19-13-15-21(16-14-19)24(26)17-22-11-7-8-12-23(22)20-9-5-4-6-10-20/h13-16,20,22-23H,4-12,17-18H2,1-3H3. The summed E-state index contributed by atoms with van der Waals surface area (Å²) in [5.41, 5.74) is 1.49. The third-order valence-corrected chi connectivity index (χ3v) is 9.82. The number of rotatable bonds is 6. The van der Waals surface area contributed by atoms with Crippen LogP contribution >= 0.6 is 0 Å². The fourth-order valence-electron chi connectivity index (χ4n) is 5.25. The fourth-order valence-corrected chi connectivity index (χ4v) is 6.32. The summed E-state index contributed by atoms with van der Waals surface area (Å²) >= 11 is 0. The van der Waals surface area contributed by atoms with E-state index in [1.54, 1.807) is 20.8 Å². The van der Waals surface area contributed by atoms with Crippen molar-refractivity contribution in [1.29, 1.82) is 0 Å². The van der Waals surface area contributed by atoms with Gasteiger partial charge in [-0.05, 0) is 56.9 Å². The summed E-state index contributed by atoms with van der Waals surface area (Å²) in [6.45, 7) is 5.19. The molecule has 2 aliphatic rings. The monoisotopic (exact) mass is 418 g/mol. The van der Waals surface area contributed by atoms with Gasteiger partial charge in [0.05, 0.1) is 10.5 Å². The molecule has 3 rings (SSSR count). The summed E-state index contributed by atoms with van der Waals surface area (Å²) in [6, 6.07) is 7.29. The van der Waals surface area contributed by atoms with Crippen LogP contribution in [0, 0.1) is 17.8 Å². The molecular weight excluding hydrogens is 380 g/mol. The lowest BCUT2D eigenvalue weighted by Crippen LogP contribution is -2.30. The molecule has 0 amide bonds. The highest BCUT2D eigenvalue weighted by Gasteiger charge is 2.34. The Kier molecular flexibility index (Phi) is 7.24. The van der Waals surface area contributed by atoms with Crippen LogP contribution in [0.5, 0.6) is 0 Å². The van der Waals surface area contributed by atoms with Crippen molar-refractivity contribution in [2.45, 2.75) is 95.5 Å². The van der Waals surface area contributed by atoms with Gasteiger partial charge in [-0.25, -0.2) is 8.42 Å². The van der Waals surface area contributed by atoms with E-state index in [1.807, 2.05) is 24.3 Å². The number of carbonyl (C=O) groups excluding carboxylic acids is 1. The van der Waals surface area contributed by atoms with Gasteiger partial charge in [-0.3, -0.25) is 4.79 Å². The van der Waals surface area contributed by atoms with Gasteiger partial charge in [0.15, 0.2) is 15.6 Å². The fraction of sp³-hybridized carbons (Fsp3) is 0.720. The molecule has 0 spiro atoms. The first-order valence-electron chi connectivity index (χ1n) is 11.5. The van der Waals surface area contributed by atoms with Crippen molar-refractivity contribution < 1.29 is 13.2 Å². The van der Waals surface area contributed by atoms with Crippen LogP contribution in [-0.4, -0.2) is 18.9 Å². The number of hydrogen-bond donors (Lipinski definition) is 0. The molecule has 2 fully saturated rings. The smallest absolute Gasteiger partial charge is 0.163 e. The van der Waals surface area contributed by atoms with Gasteiger partial charge in [0, 0.05) is 12.0 Å². The van der Waals surface area contributed by atoms with E-state index >= 15 is 0 Å². The molecule has 0 radical (unpaired) electrons. The van der Waals surface area contributed by atoms with Gasteiger partial charge in [-0.15, -0.1) is 0 Å². The Morgan fingerprint density at radius 3 is 2.10 bits per heavy atom. The minimum absolute atomic E-state index is 0.0251. The third-order valence-electron chi connectivity index (χ3n) is 7.24. The maximum atomic E-state index is 13.0. The summed E-state index contributed by atoms with van der Waals surface area (Å²) in [4.78, 5) is 13.0. The molecule has 1 aromatic carbocycles. The van der Waals surface area contributed by atoms with Gasteiger partial charge in [-0.2, -0.15) is 0 Å². The average molecular weight is 419 g/mol. The van der Waals surface area contributed by atoms with E-state index in [-0.39, 0.29) is 11.5 Å². The summed E-state index contributed by atoms with van der Waals surface area (Å²) in [5, 5.41) is 0. The lowest BCUT2D eigenvalue weighted by molar-refractivity contribution is 0.0840. The third kappa shape index (κ3) is 5.71. The molecule has 0 aliphatic heterocycles.